The molecule has 6 heteroatoms. The van der Waals surface area contributed by atoms with Crippen LogP contribution in [0.1, 0.15) is 40.0 Å². The summed E-state index contributed by atoms with van der Waals surface area (Å²) in [6, 6.07) is 1.63. The Hall–Kier alpha value is -1.61. The molecule has 6 nitrogen and oxygen atoms in total. The first kappa shape index (κ1) is 16.4. The van der Waals surface area contributed by atoms with Crippen molar-refractivity contribution in [3.8, 4) is 6.07 Å². The quantitative estimate of drug-likeness (QED) is 0.596. The molecule has 0 spiro atoms. The standard InChI is InChI=1S/C14H23N3O3/c1-14(2,3)20-13(19)11-6-4-9-17(11)10-12(18)16-8-5-7-15/h11H,4-6,8-10H2,1-3H3,(H,16,18)/t11-/m1/s1. The van der Waals surface area contributed by atoms with Crippen LogP contribution in [0.5, 0.6) is 0 Å². The van der Waals surface area contributed by atoms with Gasteiger partial charge in [0.15, 0.2) is 0 Å². The Morgan fingerprint density at radius 3 is 2.75 bits per heavy atom. The van der Waals surface area contributed by atoms with E-state index in [0.717, 1.165) is 19.4 Å². The first-order valence-corrected chi connectivity index (χ1v) is 6.94. The fraction of sp³-hybridized carbons (Fsp3) is 0.786. The van der Waals surface area contributed by atoms with Gasteiger partial charge in [-0.15, -0.1) is 0 Å². The molecule has 1 amide bonds. The first-order chi connectivity index (χ1) is 9.33. The van der Waals surface area contributed by atoms with Crippen molar-refractivity contribution in [1.29, 1.82) is 5.26 Å². The van der Waals surface area contributed by atoms with E-state index >= 15 is 0 Å². The monoisotopic (exact) mass is 281 g/mol. The smallest absolute Gasteiger partial charge is 0.323 e. The minimum Gasteiger partial charge on any atom is -0.459 e. The number of hydrogen-bond donors (Lipinski definition) is 1. The largest absolute Gasteiger partial charge is 0.459 e. The number of carbonyl (C=O) groups is 2. The average molecular weight is 281 g/mol. The molecule has 112 valence electrons. The molecule has 0 aromatic carbocycles. The van der Waals surface area contributed by atoms with Crippen molar-refractivity contribution < 1.29 is 14.3 Å². The van der Waals surface area contributed by atoms with Crippen LogP contribution in [-0.2, 0) is 14.3 Å². The van der Waals surface area contributed by atoms with E-state index < -0.39 is 5.60 Å². The molecule has 0 bridgehead atoms. The van der Waals surface area contributed by atoms with Crippen molar-refractivity contribution in [1.82, 2.24) is 10.2 Å². The number of carbonyl (C=O) groups excluding carboxylic acids is 2. The summed E-state index contributed by atoms with van der Waals surface area (Å²) in [5, 5.41) is 11.1. The number of nitrogens with one attached hydrogen (secondary N) is 1. The molecule has 0 radical (unpaired) electrons. The fourth-order valence-electron chi connectivity index (χ4n) is 2.15. The number of nitriles is 1. The second kappa shape index (κ2) is 7.25. The van der Waals surface area contributed by atoms with Crippen molar-refractivity contribution in [2.24, 2.45) is 0 Å². The van der Waals surface area contributed by atoms with Crippen LogP contribution in [0.2, 0.25) is 0 Å². The number of amides is 1. The molecule has 0 unspecified atom stereocenters. The van der Waals surface area contributed by atoms with Crippen LogP contribution in [0.4, 0.5) is 0 Å². The molecule has 0 aromatic heterocycles. The summed E-state index contributed by atoms with van der Waals surface area (Å²) in [5.41, 5.74) is -0.513. The van der Waals surface area contributed by atoms with Gasteiger partial charge in [-0.25, -0.2) is 0 Å². The first-order valence-electron chi connectivity index (χ1n) is 6.94. The maximum atomic E-state index is 12.1. The van der Waals surface area contributed by atoms with Crippen molar-refractivity contribution >= 4 is 11.9 Å². The van der Waals surface area contributed by atoms with Gasteiger partial charge >= 0.3 is 5.97 Å². The maximum Gasteiger partial charge on any atom is 0.323 e. The third kappa shape index (κ3) is 5.57. The topological polar surface area (TPSA) is 82.4 Å². The van der Waals surface area contributed by atoms with Crippen LogP contribution in [0, 0.1) is 11.3 Å². The highest BCUT2D eigenvalue weighted by Crippen LogP contribution is 2.20. The summed E-state index contributed by atoms with van der Waals surface area (Å²) < 4.78 is 5.38. The lowest BCUT2D eigenvalue weighted by molar-refractivity contribution is -0.160. The van der Waals surface area contributed by atoms with E-state index in [0.29, 0.717) is 13.0 Å². The summed E-state index contributed by atoms with van der Waals surface area (Å²) >= 11 is 0. The van der Waals surface area contributed by atoms with Crippen molar-refractivity contribution in [2.75, 3.05) is 19.6 Å². The number of rotatable bonds is 5. The lowest BCUT2D eigenvalue weighted by atomic mass is 10.1. The van der Waals surface area contributed by atoms with Gasteiger partial charge in [0.1, 0.15) is 11.6 Å². The van der Waals surface area contributed by atoms with Gasteiger partial charge in [-0.2, -0.15) is 5.26 Å². The molecule has 1 N–H and O–H groups in total. The predicted octanol–water partition coefficient (Wildman–Crippen LogP) is 0.822. The summed E-state index contributed by atoms with van der Waals surface area (Å²) in [6.45, 7) is 6.74. The zero-order chi connectivity index (χ0) is 15.2. The minimum atomic E-state index is -0.513. The van der Waals surface area contributed by atoms with Gasteiger partial charge in [0, 0.05) is 6.54 Å². The lowest BCUT2D eigenvalue weighted by Gasteiger charge is -2.26. The Balaban J connectivity index is 2.47. The number of esters is 1. The highest BCUT2D eigenvalue weighted by molar-refractivity contribution is 5.81. The van der Waals surface area contributed by atoms with Gasteiger partial charge in [-0.1, -0.05) is 0 Å². The molecule has 1 heterocycles. The Kier molecular flexibility index (Phi) is 5.96. The molecule has 1 atom stereocenters. The molecule has 0 aromatic rings. The third-order valence-electron chi connectivity index (χ3n) is 2.95. The highest BCUT2D eigenvalue weighted by Gasteiger charge is 2.34. The van der Waals surface area contributed by atoms with Gasteiger partial charge in [-0.05, 0) is 40.2 Å². The minimum absolute atomic E-state index is 0.157. The van der Waals surface area contributed by atoms with E-state index in [1.54, 1.807) is 0 Å². The molecular formula is C14H23N3O3. The summed E-state index contributed by atoms with van der Waals surface area (Å²) in [7, 11) is 0. The predicted molar refractivity (Wildman–Crippen MR) is 73.7 cm³/mol. The van der Waals surface area contributed by atoms with E-state index in [1.165, 1.54) is 0 Å². The Bertz CT molecular complexity index is 395. The van der Waals surface area contributed by atoms with Crippen molar-refractivity contribution in [3.05, 3.63) is 0 Å². The van der Waals surface area contributed by atoms with Crippen LogP contribution in [0.25, 0.3) is 0 Å². The van der Waals surface area contributed by atoms with Crippen molar-refractivity contribution in [2.45, 2.75) is 51.7 Å². The fourth-order valence-corrected chi connectivity index (χ4v) is 2.15. The molecular weight excluding hydrogens is 258 g/mol. The molecule has 20 heavy (non-hydrogen) atoms. The highest BCUT2D eigenvalue weighted by atomic mass is 16.6. The van der Waals surface area contributed by atoms with E-state index in [-0.39, 0.29) is 24.5 Å². The normalized spacial score (nSPS) is 19.4. The van der Waals surface area contributed by atoms with Crippen LogP contribution in [0.3, 0.4) is 0 Å². The molecule has 1 fully saturated rings. The van der Waals surface area contributed by atoms with Gasteiger partial charge in [-0.3, -0.25) is 14.5 Å². The molecule has 0 saturated carbocycles. The van der Waals surface area contributed by atoms with Gasteiger partial charge < -0.3 is 10.1 Å². The van der Waals surface area contributed by atoms with Crippen LogP contribution in [0.15, 0.2) is 0 Å². The molecule has 1 rings (SSSR count). The van der Waals surface area contributed by atoms with E-state index in [4.69, 9.17) is 10.00 Å². The Morgan fingerprint density at radius 2 is 2.15 bits per heavy atom. The van der Waals surface area contributed by atoms with Crippen LogP contribution in [-0.4, -0.2) is 48.1 Å². The zero-order valence-corrected chi connectivity index (χ0v) is 12.4. The SMILES string of the molecule is CC(C)(C)OC(=O)[C@H]1CCCN1CC(=O)NCCC#N. The van der Waals surface area contributed by atoms with E-state index in [1.807, 2.05) is 31.7 Å². The van der Waals surface area contributed by atoms with Gasteiger partial charge in [0.05, 0.1) is 19.0 Å². The van der Waals surface area contributed by atoms with E-state index in [9.17, 15) is 9.59 Å². The van der Waals surface area contributed by atoms with E-state index in [2.05, 4.69) is 5.32 Å². The molecule has 1 aliphatic rings. The molecule has 1 saturated heterocycles. The summed E-state index contributed by atoms with van der Waals surface area (Å²) in [5.74, 6) is -0.421. The number of nitrogens with zero attached hydrogens (tertiary/aromatic N) is 2. The number of ether oxygens (including phenoxy) is 1. The summed E-state index contributed by atoms with van der Waals surface area (Å²) in [4.78, 5) is 25.6. The molecule has 1 aliphatic heterocycles. The number of hydrogen-bond acceptors (Lipinski definition) is 5. The Morgan fingerprint density at radius 1 is 1.45 bits per heavy atom. The second-order valence-corrected chi connectivity index (χ2v) is 5.92. The third-order valence-corrected chi connectivity index (χ3v) is 2.95. The summed E-state index contributed by atoms with van der Waals surface area (Å²) in [6.07, 6.45) is 1.90. The molecule has 0 aliphatic carbocycles. The van der Waals surface area contributed by atoms with Crippen LogP contribution >= 0.6 is 0 Å². The average Bonchev–Trinajstić information content (AvgIpc) is 2.75. The second-order valence-electron chi connectivity index (χ2n) is 5.92. The maximum absolute atomic E-state index is 12.1. The Labute approximate surface area is 120 Å². The van der Waals surface area contributed by atoms with Crippen LogP contribution < -0.4 is 5.32 Å². The van der Waals surface area contributed by atoms with Crippen molar-refractivity contribution in [3.63, 3.8) is 0 Å². The lowest BCUT2D eigenvalue weighted by Crippen LogP contribution is -2.45. The van der Waals surface area contributed by atoms with Gasteiger partial charge in [0.25, 0.3) is 0 Å². The zero-order valence-electron chi connectivity index (χ0n) is 12.4. The van der Waals surface area contributed by atoms with Gasteiger partial charge in [0.2, 0.25) is 5.91 Å². The number of likely N-dealkylation sites (tertiary alicyclic amines) is 1.